The highest BCUT2D eigenvalue weighted by Gasteiger charge is 2.06. The molecule has 3 heteroatoms. The molecule has 0 aromatic heterocycles. The minimum atomic E-state index is -0.0531. The number of unbranched alkanes of at least 4 members (excludes halogenated alkanes) is 4. The number of carbonyl (C=O) groups is 1. The summed E-state index contributed by atoms with van der Waals surface area (Å²) in [6.07, 6.45) is 48.1. The molecule has 0 saturated heterocycles. The molecule has 0 spiro atoms. The lowest BCUT2D eigenvalue weighted by Gasteiger charge is -2.24. The van der Waals surface area contributed by atoms with E-state index in [4.69, 9.17) is 0 Å². The van der Waals surface area contributed by atoms with E-state index in [0.717, 1.165) is 26.2 Å². The fourth-order valence-corrected chi connectivity index (χ4v) is 5.19. The average molecular weight is 697 g/mol. The Kier molecular flexibility index (Phi) is 24.8. The van der Waals surface area contributed by atoms with E-state index < -0.39 is 0 Å². The van der Waals surface area contributed by atoms with Gasteiger partial charge >= 0.3 is 0 Å². The number of anilines is 2. The highest BCUT2D eigenvalue weighted by Crippen LogP contribution is 2.19. The standard InChI is InChI=1S/C49H64N2O/c1-5-9-41-50(42-10-6-2)47-37-33-45(34-38-47)29-25-21-17-13-15-19-23-27-31-49(52)32-28-24-20-16-14-18-22-26-30-46-35-39-48(40-36-46)51(43-11-7-3)44-12-8-4/h13-40H,5-12,41-44H2,1-4H3/b15-13+,16-14+,21-17+,22-18+,23-19+,24-20+,29-25+,30-26+,31-27+,32-28+. The Morgan fingerprint density at radius 2 is 0.673 bits per heavy atom. The molecule has 2 aromatic carbocycles. The topological polar surface area (TPSA) is 23.6 Å². The summed E-state index contributed by atoms with van der Waals surface area (Å²) >= 11 is 0. The molecule has 0 aliphatic heterocycles. The van der Waals surface area contributed by atoms with E-state index >= 15 is 0 Å². The van der Waals surface area contributed by atoms with Gasteiger partial charge in [-0.05, 0) is 73.2 Å². The van der Waals surface area contributed by atoms with E-state index in [1.807, 2.05) is 72.9 Å². The van der Waals surface area contributed by atoms with Crippen LogP contribution in [-0.4, -0.2) is 32.0 Å². The SMILES string of the molecule is CCCCN(CCCC)c1ccc(/C=C/C=C/C=C/C=C/C=C/C(=O)/C=C/C=C/C=C/C=C/C=C/c2ccc(N(CCCC)CCCC)cc2)cc1. The van der Waals surface area contributed by atoms with Gasteiger partial charge in [-0.2, -0.15) is 0 Å². The molecule has 3 nitrogen and oxygen atoms in total. The summed E-state index contributed by atoms with van der Waals surface area (Å²) in [5, 5.41) is 0. The van der Waals surface area contributed by atoms with Gasteiger partial charge in [-0.25, -0.2) is 0 Å². The zero-order chi connectivity index (χ0) is 37.3. The zero-order valence-electron chi connectivity index (χ0n) is 32.5. The first-order chi connectivity index (χ1) is 25.6. The van der Waals surface area contributed by atoms with Crippen molar-refractivity contribution in [3.63, 3.8) is 0 Å². The van der Waals surface area contributed by atoms with Crippen LogP contribution in [0.1, 0.15) is 90.2 Å². The molecule has 0 radical (unpaired) electrons. The van der Waals surface area contributed by atoms with Crippen molar-refractivity contribution in [1.82, 2.24) is 0 Å². The van der Waals surface area contributed by atoms with Gasteiger partial charge < -0.3 is 9.80 Å². The number of nitrogens with zero attached hydrogens (tertiary/aromatic N) is 2. The number of hydrogen-bond acceptors (Lipinski definition) is 3. The number of allylic oxidation sites excluding steroid dienone is 18. The van der Waals surface area contributed by atoms with Crippen molar-refractivity contribution in [2.75, 3.05) is 36.0 Å². The highest BCUT2D eigenvalue weighted by molar-refractivity contribution is 5.99. The van der Waals surface area contributed by atoms with Crippen molar-refractivity contribution >= 4 is 29.3 Å². The van der Waals surface area contributed by atoms with Gasteiger partial charge in [0, 0.05) is 37.6 Å². The fourth-order valence-electron chi connectivity index (χ4n) is 5.19. The van der Waals surface area contributed by atoms with Crippen molar-refractivity contribution in [2.45, 2.75) is 79.1 Å². The second-order valence-electron chi connectivity index (χ2n) is 12.7. The Labute approximate surface area is 317 Å². The minimum absolute atomic E-state index is 0.0531. The summed E-state index contributed by atoms with van der Waals surface area (Å²) < 4.78 is 0. The molecule has 0 heterocycles. The van der Waals surface area contributed by atoms with Gasteiger partial charge in [0.1, 0.15) is 0 Å². The minimum Gasteiger partial charge on any atom is -0.372 e. The van der Waals surface area contributed by atoms with Crippen LogP contribution in [0.4, 0.5) is 11.4 Å². The van der Waals surface area contributed by atoms with E-state index in [2.05, 4.69) is 110 Å². The van der Waals surface area contributed by atoms with Crippen molar-refractivity contribution in [3.05, 3.63) is 169 Å². The van der Waals surface area contributed by atoms with E-state index in [1.165, 1.54) is 73.9 Å². The van der Waals surface area contributed by atoms with Crippen LogP contribution in [0.2, 0.25) is 0 Å². The van der Waals surface area contributed by atoms with Crippen molar-refractivity contribution in [2.24, 2.45) is 0 Å². The number of benzene rings is 2. The fraction of sp³-hybridized carbons (Fsp3) is 0.327. The third-order valence-corrected chi connectivity index (χ3v) is 8.30. The molecule has 0 bridgehead atoms. The molecule has 276 valence electrons. The lowest BCUT2D eigenvalue weighted by atomic mass is 10.1. The monoisotopic (exact) mass is 697 g/mol. The maximum Gasteiger partial charge on any atom is 0.178 e. The Morgan fingerprint density at radius 1 is 0.404 bits per heavy atom. The van der Waals surface area contributed by atoms with Crippen LogP contribution in [0.15, 0.2) is 158 Å². The van der Waals surface area contributed by atoms with Gasteiger partial charge in [0.05, 0.1) is 0 Å². The molecule has 52 heavy (non-hydrogen) atoms. The quantitative estimate of drug-likeness (QED) is 0.0722. The molecule has 0 amide bonds. The lowest BCUT2D eigenvalue weighted by Crippen LogP contribution is -2.25. The highest BCUT2D eigenvalue weighted by atomic mass is 16.1. The van der Waals surface area contributed by atoms with Crippen LogP contribution >= 0.6 is 0 Å². The summed E-state index contributed by atoms with van der Waals surface area (Å²) in [6.45, 7) is 13.5. The van der Waals surface area contributed by atoms with Crippen molar-refractivity contribution in [3.8, 4) is 0 Å². The summed E-state index contributed by atoms with van der Waals surface area (Å²) in [5.41, 5.74) is 5.02. The smallest absolute Gasteiger partial charge is 0.178 e. The summed E-state index contributed by atoms with van der Waals surface area (Å²) in [7, 11) is 0. The molecular weight excluding hydrogens is 633 g/mol. The summed E-state index contributed by atoms with van der Waals surface area (Å²) in [5.74, 6) is -0.0531. The average Bonchev–Trinajstić information content (AvgIpc) is 3.17. The van der Waals surface area contributed by atoms with Crippen LogP contribution in [0.25, 0.3) is 12.2 Å². The molecule has 0 unspecified atom stereocenters. The van der Waals surface area contributed by atoms with Crippen LogP contribution in [-0.2, 0) is 4.79 Å². The molecule has 0 N–H and O–H groups in total. The summed E-state index contributed by atoms with van der Waals surface area (Å²) in [6, 6.07) is 17.7. The first-order valence-electron chi connectivity index (χ1n) is 19.5. The van der Waals surface area contributed by atoms with E-state index in [0.29, 0.717) is 0 Å². The lowest BCUT2D eigenvalue weighted by molar-refractivity contribution is -0.110. The maximum absolute atomic E-state index is 12.0. The van der Waals surface area contributed by atoms with Crippen LogP contribution in [0.5, 0.6) is 0 Å². The van der Waals surface area contributed by atoms with Gasteiger partial charge in [0.25, 0.3) is 0 Å². The van der Waals surface area contributed by atoms with Gasteiger partial charge in [-0.3, -0.25) is 4.79 Å². The zero-order valence-corrected chi connectivity index (χ0v) is 32.5. The Morgan fingerprint density at radius 3 is 0.962 bits per heavy atom. The van der Waals surface area contributed by atoms with Gasteiger partial charge in [0.15, 0.2) is 5.78 Å². The predicted octanol–water partition coefficient (Wildman–Crippen LogP) is 13.2. The van der Waals surface area contributed by atoms with E-state index in [-0.39, 0.29) is 5.78 Å². The van der Waals surface area contributed by atoms with Gasteiger partial charge in [0.2, 0.25) is 0 Å². The first kappa shape index (κ1) is 43.3. The second kappa shape index (κ2) is 29.8. The summed E-state index contributed by atoms with van der Waals surface area (Å²) in [4.78, 5) is 17.1. The third kappa shape index (κ3) is 20.7. The maximum atomic E-state index is 12.0. The first-order valence-corrected chi connectivity index (χ1v) is 19.5. The molecule has 0 fully saturated rings. The molecule has 0 aliphatic rings. The Balaban J connectivity index is 1.66. The molecular formula is C49H64N2O. The number of carbonyl (C=O) groups excluding carboxylic acids is 1. The van der Waals surface area contributed by atoms with Crippen LogP contribution in [0, 0.1) is 0 Å². The van der Waals surface area contributed by atoms with Crippen LogP contribution in [0.3, 0.4) is 0 Å². The predicted molar refractivity (Wildman–Crippen MR) is 233 cm³/mol. The van der Waals surface area contributed by atoms with Gasteiger partial charge in [-0.15, -0.1) is 0 Å². The molecule has 2 rings (SSSR count). The van der Waals surface area contributed by atoms with Crippen LogP contribution < -0.4 is 9.80 Å². The Hall–Kier alpha value is -4.89. The Bertz CT molecular complexity index is 1390. The molecule has 2 aromatic rings. The largest absolute Gasteiger partial charge is 0.372 e. The second-order valence-corrected chi connectivity index (χ2v) is 12.7. The number of hydrogen-bond donors (Lipinski definition) is 0. The van der Waals surface area contributed by atoms with E-state index in [9.17, 15) is 4.79 Å². The number of rotatable bonds is 26. The number of ketones is 1. The molecule has 0 saturated carbocycles. The molecule has 0 aliphatic carbocycles. The van der Waals surface area contributed by atoms with Crippen molar-refractivity contribution < 1.29 is 4.79 Å². The molecule has 0 atom stereocenters. The normalized spacial score (nSPS) is 12.8. The van der Waals surface area contributed by atoms with Crippen molar-refractivity contribution in [1.29, 1.82) is 0 Å². The third-order valence-electron chi connectivity index (χ3n) is 8.30. The van der Waals surface area contributed by atoms with E-state index in [1.54, 1.807) is 24.3 Å². The van der Waals surface area contributed by atoms with Gasteiger partial charge in [-0.1, -0.05) is 187 Å².